The molecule has 2 aliphatic heterocycles. The molecule has 15 aromatic carbocycles. The molecule has 0 spiro atoms. The van der Waals surface area contributed by atoms with Crippen LogP contribution in [0, 0.1) is 0 Å². The molecule has 0 N–H and O–H groups in total. The van der Waals surface area contributed by atoms with E-state index in [1.807, 2.05) is 0 Å². The van der Waals surface area contributed by atoms with Gasteiger partial charge < -0.3 is 28.1 Å². The summed E-state index contributed by atoms with van der Waals surface area (Å²) >= 11 is 0. The van der Waals surface area contributed by atoms with Crippen molar-refractivity contribution in [2.24, 2.45) is 0 Å². The van der Waals surface area contributed by atoms with Crippen molar-refractivity contribution in [1.82, 2.24) is 18.3 Å². The van der Waals surface area contributed by atoms with Gasteiger partial charge in [-0.2, -0.15) is 0 Å². The number of nitrogens with zero attached hydrogens (tertiary/aromatic N) is 6. The van der Waals surface area contributed by atoms with Gasteiger partial charge in [0.2, 0.25) is 0 Å². The van der Waals surface area contributed by atoms with Crippen LogP contribution in [0.4, 0.5) is 34.1 Å². The Kier molecular flexibility index (Phi) is 17.7. The van der Waals surface area contributed by atoms with Crippen LogP contribution >= 0.6 is 0 Å². The highest BCUT2D eigenvalue weighted by Gasteiger charge is 2.47. The highest BCUT2D eigenvalue weighted by Crippen LogP contribution is 2.55. The van der Waals surface area contributed by atoms with Gasteiger partial charge in [0.05, 0.1) is 55.5 Å². The van der Waals surface area contributed by atoms with Crippen LogP contribution < -0.4 is 26.2 Å². The molecule has 0 saturated heterocycles. The highest BCUT2D eigenvalue weighted by molar-refractivity contribution is 7.00. The van der Waals surface area contributed by atoms with Gasteiger partial charge in [-0.05, 0) is 273 Å². The number of hydrogen-bond donors (Lipinski definition) is 0. The Hall–Kier alpha value is -12.8. The number of benzene rings is 15. The van der Waals surface area contributed by atoms with Crippen LogP contribution in [-0.2, 0) is 37.9 Å². The van der Waals surface area contributed by atoms with Crippen molar-refractivity contribution >= 4 is 144 Å². The molecular weight excluding hydrogens is 1510 g/mol. The molecule has 0 fully saturated rings. The Bertz CT molecular complexity index is 7080. The van der Waals surface area contributed by atoms with Gasteiger partial charge in [-0.1, -0.05) is 291 Å². The summed E-state index contributed by atoms with van der Waals surface area (Å²) in [6, 6.07) is 119. The van der Waals surface area contributed by atoms with E-state index in [0.29, 0.717) is 0 Å². The molecule has 0 bridgehead atoms. The lowest BCUT2D eigenvalue weighted by atomic mass is 9.33. The average Bonchev–Trinajstić information content (AvgIpc) is 1.64. The summed E-state index contributed by atoms with van der Waals surface area (Å²) in [7, 11) is 0. The second-order valence-corrected chi connectivity index (χ2v) is 43.2. The molecule has 0 radical (unpaired) electrons. The van der Waals surface area contributed by atoms with Gasteiger partial charge in [-0.3, -0.25) is 0 Å². The van der Waals surface area contributed by atoms with Gasteiger partial charge in [0, 0.05) is 88.6 Å². The zero-order valence-corrected chi connectivity index (χ0v) is 76.6. The lowest BCUT2D eigenvalue weighted by Gasteiger charge is -2.45. The van der Waals surface area contributed by atoms with Crippen LogP contribution in [-0.4, -0.2) is 25.0 Å². The van der Waals surface area contributed by atoms with Gasteiger partial charge in [-0.25, -0.2) is 0 Å². The smallest absolute Gasteiger partial charge is 0.252 e. The number of fused-ring (bicyclic) bond motifs is 16. The van der Waals surface area contributed by atoms with E-state index < -0.39 is 5.41 Å². The Morgan fingerprint density at radius 2 is 0.448 bits per heavy atom. The van der Waals surface area contributed by atoms with Crippen LogP contribution in [0.1, 0.15) is 184 Å². The monoisotopic (exact) mass is 1620 g/mol. The first-order chi connectivity index (χ1) is 59.4. The first-order valence-electron chi connectivity index (χ1n) is 45.2. The SMILES string of the molecule is CC(C)(C)c1cc2c3c(c1)N(c1cc(-c4ccccc4)cc4c5cc(C(C)(C)C)ccc5n(-c5ccccc5)c14)c1cc(-n4c5ccc(C(C)(C)C)cc5c5cc(C(C)(C)C)ccc54)ccc1B3c1ccc(-n3c4ccc(C(C)(C)C)cc4c4cc(C(C)(C)C)ccc43)cc1N2c1cc(-c2ccccc2)cc2c3cc(C(C)(C)C)ccc3n(-c3ccccc3)c12. The molecule has 6 heterocycles. The molecule has 0 saturated carbocycles. The summed E-state index contributed by atoms with van der Waals surface area (Å²) in [6.45, 7) is 49.2. The lowest BCUT2D eigenvalue weighted by Crippen LogP contribution is -2.61. The van der Waals surface area contributed by atoms with E-state index in [9.17, 15) is 0 Å². The van der Waals surface area contributed by atoms with Crippen molar-refractivity contribution in [3.63, 3.8) is 0 Å². The van der Waals surface area contributed by atoms with Crippen LogP contribution in [0.2, 0.25) is 0 Å². The van der Waals surface area contributed by atoms with E-state index >= 15 is 0 Å². The Balaban J connectivity index is 0.963. The summed E-state index contributed by atoms with van der Waals surface area (Å²) in [5.74, 6) is 0. The third-order valence-electron chi connectivity index (χ3n) is 27.6. The zero-order valence-electron chi connectivity index (χ0n) is 76.6. The molecule has 618 valence electrons. The second-order valence-electron chi connectivity index (χ2n) is 43.2. The topological polar surface area (TPSA) is 26.2 Å². The van der Waals surface area contributed by atoms with Gasteiger partial charge >= 0.3 is 0 Å². The summed E-state index contributed by atoms with van der Waals surface area (Å²) in [6.07, 6.45) is 0. The molecule has 4 aromatic heterocycles. The lowest BCUT2D eigenvalue weighted by molar-refractivity contribution is 0.590. The van der Waals surface area contributed by atoms with Crippen molar-refractivity contribution in [3.05, 3.63) is 342 Å². The molecule has 21 rings (SSSR count). The third-order valence-corrected chi connectivity index (χ3v) is 27.6. The van der Waals surface area contributed by atoms with Crippen LogP contribution in [0.25, 0.3) is 132 Å². The minimum atomic E-state index is -0.392. The van der Waals surface area contributed by atoms with Gasteiger partial charge in [0.1, 0.15) is 0 Å². The first-order valence-corrected chi connectivity index (χ1v) is 45.2. The van der Waals surface area contributed by atoms with Crippen molar-refractivity contribution in [3.8, 4) is 45.0 Å². The molecule has 0 amide bonds. The Morgan fingerprint density at radius 1 is 0.184 bits per heavy atom. The average molecular weight is 1630 g/mol. The van der Waals surface area contributed by atoms with E-state index in [1.165, 1.54) is 120 Å². The number of rotatable bonds is 8. The third kappa shape index (κ3) is 12.8. The van der Waals surface area contributed by atoms with Crippen molar-refractivity contribution in [2.45, 2.75) is 183 Å². The van der Waals surface area contributed by atoms with Crippen LogP contribution in [0.5, 0.6) is 0 Å². The van der Waals surface area contributed by atoms with E-state index in [2.05, 4.69) is 477 Å². The minimum absolute atomic E-state index is 0.0829. The largest absolute Gasteiger partial charge is 0.309 e. The summed E-state index contributed by atoms with van der Waals surface area (Å²) in [5.41, 5.74) is 36.7. The fourth-order valence-electron chi connectivity index (χ4n) is 20.5. The van der Waals surface area contributed by atoms with Crippen molar-refractivity contribution in [1.29, 1.82) is 0 Å². The summed E-state index contributed by atoms with van der Waals surface area (Å²) < 4.78 is 10.4. The second kappa shape index (κ2) is 27.8. The standard InChI is InChI=1S/C118H113BN6/c1-112(2,3)76-42-52-97-87(62-76)88-63-77(113(4,5)6)43-53-98(88)120(97)85-48-50-95-103(70-85)124(107-60-74(72-34-26-22-27-35-72)58-93-91-66-80(116(13,14)15)46-56-101(91)122(110(93)107)83-38-30-24-31-39-83)105-68-82(118(19,20)21)69-106-109(105)119(95)96-51-49-86(121-99-54-44-78(114(7,8)9)64-89(99)90-65-79(115(10,11)12)45-55-100(90)121)71-104(96)125(106)108-61-75(73-36-28-23-29-37-73)59-94-92-67-81(117(16,17)18)47-57-102(92)123(111(94)108)84-40-32-25-33-41-84/h22-71H,1-21H3. The molecule has 125 heavy (non-hydrogen) atoms. The van der Waals surface area contributed by atoms with E-state index in [1.54, 1.807) is 0 Å². The van der Waals surface area contributed by atoms with Gasteiger partial charge in [0.15, 0.2) is 0 Å². The van der Waals surface area contributed by atoms with E-state index in [4.69, 9.17) is 0 Å². The quantitative estimate of drug-likeness (QED) is 0.142. The summed E-state index contributed by atoms with van der Waals surface area (Å²) in [5, 5.41) is 9.84. The molecule has 0 aliphatic carbocycles. The summed E-state index contributed by atoms with van der Waals surface area (Å²) in [4.78, 5) is 5.53. The van der Waals surface area contributed by atoms with Crippen molar-refractivity contribution in [2.75, 3.05) is 9.80 Å². The van der Waals surface area contributed by atoms with Crippen molar-refractivity contribution < 1.29 is 0 Å². The maximum atomic E-state index is 2.77. The molecule has 2 aliphatic rings. The fourth-order valence-corrected chi connectivity index (χ4v) is 20.5. The highest BCUT2D eigenvalue weighted by atomic mass is 15.2. The molecule has 7 heteroatoms. The first kappa shape index (κ1) is 79.4. The van der Waals surface area contributed by atoms with Gasteiger partial charge in [0.25, 0.3) is 6.71 Å². The molecule has 6 nitrogen and oxygen atoms in total. The van der Waals surface area contributed by atoms with Crippen LogP contribution in [0.3, 0.4) is 0 Å². The Labute approximate surface area is 738 Å². The Morgan fingerprint density at radius 3 is 0.728 bits per heavy atom. The maximum absolute atomic E-state index is 2.77. The fraction of sp³-hybridized carbons (Fsp3) is 0.237. The minimum Gasteiger partial charge on any atom is -0.309 e. The predicted octanol–water partition coefficient (Wildman–Crippen LogP) is 30.6. The predicted molar refractivity (Wildman–Crippen MR) is 540 cm³/mol. The maximum Gasteiger partial charge on any atom is 0.252 e. The zero-order chi connectivity index (χ0) is 87.0. The molecule has 0 atom stereocenters. The van der Waals surface area contributed by atoms with Gasteiger partial charge in [-0.15, -0.1) is 0 Å². The molecule has 19 aromatic rings. The number of anilines is 6. The van der Waals surface area contributed by atoms with Crippen LogP contribution in [0.15, 0.2) is 303 Å². The van der Waals surface area contributed by atoms with E-state index in [-0.39, 0.29) is 39.2 Å². The number of aromatic nitrogens is 4. The number of para-hydroxylation sites is 2. The number of hydrogen-bond acceptors (Lipinski definition) is 2. The molecule has 0 unspecified atom stereocenters. The normalized spacial score (nSPS) is 13.6. The van der Waals surface area contributed by atoms with E-state index in [0.717, 1.165) is 101 Å². The molecular formula is C118H113BN6.